The molecule has 2 atom stereocenters. The Morgan fingerprint density at radius 1 is 1.73 bits per heavy atom. The van der Waals surface area contributed by atoms with Gasteiger partial charge in [-0.15, -0.1) is 0 Å². The molecule has 0 bridgehead atoms. The molecule has 0 aliphatic carbocycles. The molecule has 0 amide bonds. The molecule has 1 aliphatic heterocycles. The summed E-state index contributed by atoms with van der Waals surface area (Å²) >= 11 is 0. The summed E-state index contributed by atoms with van der Waals surface area (Å²) in [6, 6.07) is 0. The van der Waals surface area contributed by atoms with Gasteiger partial charge < -0.3 is 9.84 Å². The van der Waals surface area contributed by atoms with Gasteiger partial charge in [-0.1, -0.05) is 13.8 Å². The summed E-state index contributed by atoms with van der Waals surface area (Å²) in [4.78, 5) is 10.8. The van der Waals surface area contributed by atoms with Crippen molar-refractivity contribution in [3.05, 3.63) is 0 Å². The van der Waals surface area contributed by atoms with Crippen LogP contribution in [-0.2, 0) is 9.53 Å². The zero-order valence-electron chi connectivity index (χ0n) is 6.96. The molecule has 1 heterocycles. The maximum atomic E-state index is 10.8. The smallest absolute Gasteiger partial charge is 0.309 e. The lowest BCUT2D eigenvalue weighted by Crippen LogP contribution is -2.36. The highest BCUT2D eigenvalue weighted by Gasteiger charge is 2.45. The van der Waals surface area contributed by atoms with E-state index in [0.717, 1.165) is 0 Å². The average molecular weight is 158 g/mol. The van der Waals surface area contributed by atoms with Gasteiger partial charge in [0.15, 0.2) is 0 Å². The standard InChI is InChI=1S/C8H14O3/c1-3-6-8(10,4-2)5-7(9)11-6/h6,10H,3-5H2,1-2H3/t6-,8-/m1/s1. The van der Waals surface area contributed by atoms with Crippen LogP contribution in [0, 0.1) is 0 Å². The van der Waals surface area contributed by atoms with E-state index in [1.807, 2.05) is 13.8 Å². The van der Waals surface area contributed by atoms with Gasteiger partial charge in [0, 0.05) is 0 Å². The Hall–Kier alpha value is -0.570. The molecule has 3 nitrogen and oxygen atoms in total. The molecule has 11 heavy (non-hydrogen) atoms. The fraction of sp³-hybridized carbons (Fsp3) is 0.875. The number of esters is 1. The van der Waals surface area contributed by atoms with E-state index < -0.39 is 5.60 Å². The van der Waals surface area contributed by atoms with Crippen molar-refractivity contribution in [1.29, 1.82) is 0 Å². The number of hydrogen-bond acceptors (Lipinski definition) is 3. The van der Waals surface area contributed by atoms with Crippen LogP contribution in [0.1, 0.15) is 33.1 Å². The minimum absolute atomic E-state index is 0.155. The number of cyclic esters (lactones) is 1. The topological polar surface area (TPSA) is 46.5 Å². The third-order valence-electron chi connectivity index (χ3n) is 2.31. The highest BCUT2D eigenvalue weighted by Crippen LogP contribution is 2.31. The summed E-state index contributed by atoms with van der Waals surface area (Å²) in [6.07, 6.45) is 1.13. The molecule has 1 fully saturated rings. The van der Waals surface area contributed by atoms with Crippen molar-refractivity contribution >= 4 is 5.97 Å². The third kappa shape index (κ3) is 1.38. The zero-order valence-corrected chi connectivity index (χ0v) is 6.96. The molecule has 0 spiro atoms. The summed E-state index contributed by atoms with van der Waals surface area (Å²) < 4.78 is 4.93. The van der Waals surface area contributed by atoms with E-state index in [9.17, 15) is 9.90 Å². The number of hydrogen-bond donors (Lipinski definition) is 1. The third-order valence-corrected chi connectivity index (χ3v) is 2.31. The lowest BCUT2D eigenvalue weighted by Gasteiger charge is -2.24. The number of carbonyl (C=O) groups is 1. The quantitative estimate of drug-likeness (QED) is 0.606. The molecular formula is C8H14O3. The van der Waals surface area contributed by atoms with Crippen molar-refractivity contribution in [1.82, 2.24) is 0 Å². The van der Waals surface area contributed by atoms with Crippen LogP contribution in [-0.4, -0.2) is 22.8 Å². The minimum atomic E-state index is -0.897. The molecular weight excluding hydrogens is 144 g/mol. The Morgan fingerprint density at radius 3 is 2.73 bits per heavy atom. The first-order valence-electron chi connectivity index (χ1n) is 4.04. The van der Waals surface area contributed by atoms with Gasteiger partial charge in [0.2, 0.25) is 0 Å². The van der Waals surface area contributed by atoms with Crippen LogP contribution in [0.3, 0.4) is 0 Å². The summed E-state index contributed by atoms with van der Waals surface area (Å²) in [6.45, 7) is 3.77. The monoisotopic (exact) mass is 158 g/mol. The molecule has 0 radical (unpaired) electrons. The van der Waals surface area contributed by atoms with Crippen molar-refractivity contribution in [2.75, 3.05) is 0 Å². The lowest BCUT2D eigenvalue weighted by molar-refractivity contribution is -0.142. The van der Waals surface area contributed by atoms with Crippen molar-refractivity contribution < 1.29 is 14.6 Å². The second-order valence-corrected chi connectivity index (χ2v) is 3.02. The van der Waals surface area contributed by atoms with Gasteiger partial charge in [0.1, 0.15) is 11.7 Å². The first-order chi connectivity index (χ1) is 5.12. The maximum Gasteiger partial charge on any atom is 0.309 e. The van der Waals surface area contributed by atoms with Gasteiger partial charge in [-0.2, -0.15) is 0 Å². The summed E-state index contributed by atoms with van der Waals surface area (Å²) in [5, 5.41) is 9.78. The fourth-order valence-electron chi connectivity index (χ4n) is 1.49. The van der Waals surface area contributed by atoms with E-state index in [2.05, 4.69) is 0 Å². The second kappa shape index (κ2) is 2.81. The van der Waals surface area contributed by atoms with E-state index in [1.54, 1.807) is 0 Å². The Bertz CT molecular complexity index is 167. The Kier molecular flexibility index (Phi) is 2.18. The average Bonchev–Trinajstić information content (AvgIpc) is 2.27. The molecule has 0 aromatic rings. The molecule has 0 aromatic heterocycles. The molecule has 1 aliphatic rings. The first-order valence-corrected chi connectivity index (χ1v) is 4.04. The van der Waals surface area contributed by atoms with Gasteiger partial charge in [0.05, 0.1) is 6.42 Å². The zero-order chi connectivity index (χ0) is 8.48. The van der Waals surface area contributed by atoms with Crippen LogP contribution < -0.4 is 0 Å². The molecule has 3 heteroatoms. The normalized spacial score (nSPS) is 37.4. The van der Waals surface area contributed by atoms with Crippen LogP contribution in [0.2, 0.25) is 0 Å². The molecule has 0 aromatic carbocycles. The lowest BCUT2D eigenvalue weighted by atomic mass is 9.91. The van der Waals surface area contributed by atoms with Crippen LogP contribution in [0.15, 0.2) is 0 Å². The molecule has 64 valence electrons. The highest BCUT2D eigenvalue weighted by molar-refractivity contribution is 5.73. The van der Waals surface area contributed by atoms with Crippen molar-refractivity contribution in [3.63, 3.8) is 0 Å². The van der Waals surface area contributed by atoms with Crippen LogP contribution >= 0.6 is 0 Å². The first kappa shape index (κ1) is 8.53. The van der Waals surface area contributed by atoms with Crippen molar-refractivity contribution in [3.8, 4) is 0 Å². The fourth-order valence-corrected chi connectivity index (χ4v) is 1.49. The maximum absolute atomic E-state index is 10.8. The Balaban J connectivity index is 2.71. The van der Waals surface area contributed by atoms with Gasteiger partial charge >= 0.3 is 5.97 Å². The van der Waals surface area contributed by atoms with E-state index in [-0.39, 0.29) is 18.5 Å². The highest BCUT2D eigenvalue weighted by atomic mass is 16.6. The number of ether oxygens (including phenoxy) is 1. The number of rotatable bonds is 2. The SMILES string of the molecule is CC[C@H]1OC(=O)C[C@]1(O)CC. The van der Waals surface area contributed by atoms with Crippen molar-refractivity contribution in [2.24, 2.45) is 0 Å². The van der Waals surface area contributed by atoms with Crippen LogP contribution in [0.4, 0.5) is 0 Å². The van der Waals surface area contributed by atoms with E-state index in [4.69, 9.17) is 4.74 Å². The van der Waals surface area contributed by atoms with Gasteiger partial charge in [-0.05, 0) is 12.8 Å². The van der Waals surface area contributed by atoms with E-state index in [0.29, 0.717) is 12.8 Å². The molecule has 1 rings (SSSR count). The van der Waals surface area contributed by atoms with Gasteiger partial charge in [-0.3, -0.25) is 4.79 Å². The van der Waals surface area contributed by atoms with E-state index in [1.165, 1.54) is 0 Å². The minimum Gasteiger partial charge on any atom is -0.459 e. The number of carbonyl (C=O) groups excluding carboxylic acids is 1. The summed E-state index contributed by atoms with van der Waals surface area (Å²) in [5.74, 6) is -0.277. The Labute approximate surface area is 66.4 Å². The molecule has 1 N–H and O–H groups in total. The summed E-state index contributed by atoms with van der Waals surface area (Å²) in [7, 11) is 0. The molecule has 0 saturated carbocycles. The Morgan fingerprint density at radius 2 is 2.36 bits per heavy atom. The predicted octanol–water partition coefficient (Wildman–Crippen LogP) is 0.853. The van der Waals surface area contributed by atoms with Crippen LogP contribution in [0.5, 0.6) is 0 Å². The van der Waals surface area contributed by atoms with Crippen molar-refractivity contribution in [2.45, 2.75) is 44.8 Å². The van der Waals surface area contributed by atoms with E-state index >= 15 is 0 Å². The molecule has 1 saturated heterocycles. The largest absolute Gasteiger partial charge is 0.459 e. The second-order valence-electron chi connectivity index (χ2n) is 3.02. The van der Waals surface area contributed by atoms with Gasteiger partial charge in [0.25, 0.3) is 0 Å². The number of aliphatic hydroxyl groups is 1. The summed E-state index contributed by atoms with van der Waals surface area (Å²) in [5.41, 5.74) is -0.897. The molecule has 0 unspecified atom stereocenters. The van der Waals surface area contributed by atoms with Gasteiger partial charge in [-0.25, -0.2) is 0 Å². The predicted molar refractivity (Wildman–Crippen MR) is 40.0 cm³/mol. The van der Waals surface area contributed by atoms with Crippen LogP contribution in [0.25, 0.3) is 0 Å².